The van der Waals surface area contributed by atoms with E-state index in [1.807, 2.05) is 7.05 Å². The molecule has 0 aromatic carbocycles. The van der Waals surface area contributed by atoms with Gasteiger partial charge in [-0.05, 0) is 38.7 Å². The molecule has 21 heavy (non-hydrogen) atoms. The number of piperazine rings is 1. The minimum atomic E-state index is 0.0801. The van der Waals surface area contributed by atoms with Crippen LogP contribution in [0.3, 0.4) is 0 Å². The van der Waals surface area contributed by atoms with E-state index in [0.29, 0.717) is 6.04 Å². The highest BCUT2D eigenvalue weighted by molar-refractivity contribution is 5.44. The minimum Gasteiger partial charge on any atom is -0.354 e. The van der Waals surface area contributed by atoms with Crippen LogP contribution in [0.5, 0.6) is 0 Å². The molecule has 1 aromatic heterocycles. The van der Waals surface area contributed by atoms with Gasteiger partial charge in [-0.2, -0.15) is 0 Å². The van der Waals surface area contributed by atoms with Crippen molar-refractivity contribution in [2.24, 2.45) is 0 Å². The predicted octanol–water partition coefficient (Wildman–Crippen LogP) is 2.24. The standard InChI is InChI=1S/C17H30N4/c1-13-12-21(8-7-20(13)6)16-10-14(11-18-5)9-15(19-16)17(2,3)4/h9-10,13,18H,7-8,11-12H2,1-6H3. The summed E-state index contributed by atoms with van der Waals surface area (Å²) in [6, 6.07) is 5.05. The van der Waals surface area contributed by atoms with Gasteiger partial charge in [0.05, 0.1) is 0 Å². The molecule has 0 amide bonds. The van der Waals surface area contributed by atoms with Crippen molar-refractivity contribution in [1.29, 1.82) is 0 Å². The van der Waals surface area contributed by atoms with Gasteiger partial charge in [-0.25, -0.2) is 4.98 Å². The van der Waals surface area contributed by atoms with Gasteiger partial charge in [-0.15, -0.1) is 0 Å². The molecule has 1 unspecified atom stereocenters. The summed E-state index contributed by atoms with van der Waals surface area (Å²) in [4.78, 5) is 9.79. The van der Waals surface area contributed by atoms with Crippen LogP contribution in [0.2, 0.25) is 0 Å². The fourth-order valence-electron chi connectivity index (χ4n) is 2.68. The molecule has 1 N–H and O–H groups in total. The number of hydrogen-bond acceptors (Lipinski definition) is 4. The molecule has 4 nitrogen and oxygen atoms in total. The van der Waals surface area contributed by atoms with Crippen molar-refractivity contribution in [2.75, 3.05) is 38.6 Å². The van der Waals surface area contributed by atoms with Crippen LogP contribution in [0.1, 0.15) is 39.0 Å². The number of likely N-dealkylation sites (N-methyl/N-ethyl adjacent to an activating group) is 1. The van der Waals surface area contributed by atoms with Crippen molar-refractivity contribution in [1.82, 2.24) is 15.2 Å². The van der Waals surface area contributed by atoms with Gasteiger partial charge >= 0.3 is 0 Å². The molecule has 1 fully saturated rings. The molecule has 0 saturated carbocycles. The highest BCUT2D eigenvalue weighted by Gasteiger charge is 2.24. The van der Waals surface area contributed by atoms with E-state index in [0.717, 1.165) is 32.0 Å². The van der Waals surface area contributed by atoms with E-state index in [4.69, 9.17) is 4.98 Å². The molecule has 1 aliphatic heterocycles. The lowest BCUT2D eigenvalue weighted by molar-refractivity contribution is 0.233. The summed E-state index contributed by atoms with van der Waals surface area (Å²) >= 11 is 0. The van der Waals surface area contributed by atoms with Crippen molar-refractivity contribution >= 4 is 5.82 Å². The number of anilines is 1. The third kappa shape index (κ3) is 3.95. The Morgan fingerprint density at radius 2 is 2.00 bits per heavy atom. The van der Waals surface area contributed by atoms with Crippen molar-refractivity contribution in [3.63, 3.8) is 0 Å². The Morgan fingerprint density at radius 1 is 1.29 bits per heavy atom. The maximum absolute atomic E-state index is 4.95. The first-order valence-corrected chi connectivity index (χ1v) is 7.92. The van der Waals surface area contributed by atoms with Gasteiger partial charge in [-0.3, -0.25) is 0 Å². The maximum atomic E-state index is 4.95. The fraction of sp³-hybridized carbons (Fsp3) is 0.706. The molecule has 0 bridgehead atoms. The first kappa shape index (κ1) is 16.2. The van der Waals surface area contributed by atoms with E-state index in [9.17, 15) is 0 Å². The van der Waals surface area contributed by atoms with E-state index in [-0.39, 0.29) is 5.41 Å². The number of pyridine rings is 1. The Kier molecular flexibility index (Phi) is 4.89. The summed E-state index contributed by atoms with van der Waals surface area (Å²) in [6.07, 6.45) is 0. The molecule has 2 heterocycles. The molecule has 1 saturated heterocycles. The van der Waals surface area contributed by atoms with Crippen LogP contribution in [-0.4, -0.2) is 49.7 Å². The fourth-order valence-corrected chi connectivity index (χ4v) is 2.68. The summed E-state index contributed by atoms with van der Waals surface area (Å²) in [7, 11) is 4.20. The van der Waals surface area contributed by atoms with Crippen molar-refractivity contribution in [3.05, 3.63) is 23.4 Å². The first-order chi connectivity index (χ1) is 9.81. The second-order valence-corrected chi connectivity index (χ2v) is 7.27. The van der Waals surface area contributed by atoms with Crippen LogP contribution in [0.4, 0.5) is 5.82 Å². The van der Waals surface area contributed by atoms with E-state index >= 15 is 0 Å². The highest BCUT2D eigenvalue weighted by Crippen LogP contribution is 2.26. The average Bonchev–Trinajstić information content (AvgIpc) is 2.41. The largest absolute Gasteiger partial charge is 0.354 e. The average molecular weight is 290 g/mol. The molecule has 1 atom stereocenters. The highest BCUT2D eigenvalue weighted by atomic mass is 15.3. The van der Waals surface area contributed by atoms with Gasteiger partial charge in [0.2, 0.25) is 0 Å². The molecule has 0 radical (unpaired) electrons. The third-order valence-corrected chi connectivity index (χ3v) is 4.30. The van der Waals surface area contributed by atoms with Gasteiger partial charge in [0, 0.05) is 43.3 Å². The number of aromatic nitrogens is 1. The number of nitrogens with one attached hydrogen (secondary N) is 1. The summed E-state index contributed by atoms with van der Waals surface area (Å²) in [5.41, 5.74) is 2.58. The Morgan fingerprint density at radius 3 is 2.57 bits per heavy atom. The Labute approximate surface area is 129 Å². The summed E-state index contributed by atoms with van der Waals surface area (Å²) in [5, 5.41) is 3.25. The summed E-state index contributed by atoms with van der Waals surface area (Å²) < 4.78 is 0. The molecule has 1 aliphatic rings. The number of nitrogens with zero attached hydrogens (tertiary/aromatic N) is 3. The molecular weight excluding hydrogens is 260 g/mol. The van der Waals surface area contributed by atoms with E-state index in [1.165, 1.54) is 11.3 Å². The van der Waals surface area contributed by atoms with E-state index in [1.54, 1.807) is 0 Å². The van der Waals surface area contributed by atoms with E-state index in [2.05, 4.69) is 62.0 Å². The molecule has 2 rings (SSSR count). The van der Waals surface area contributed by atoms with Gasteiger partial charge in [0.25, 0.3) is 0 Å². The zero-order valence-electron chi connectivity index (χ0n) is 14.4. The zero-order chi connectivity index (χ0) is 15.6. The smallest absolute Gasteiger partial charge is 0.129 e. The van der Waals surface area contributed by atoms with Crippen LogP contribution in [0.15, 0.2) is 12.1 Å². The van der Waals surface area contributed by atoms with Gasteiger partial charge in [0.15, 0.2) is 0 Å². The van der Waals surface area contributed by atoms with Crippen molar-refractivity contribution in [3.8, 4) is 0 Å². The lowest BCUT2D eigenvalue weighted by Crippen LogP contribution is -2.50. The molecule has 118 valence electrons. The van der Waals surface area contributed by atoms with Gasteiger partial charge < -0.3 is 15.1 Å². The minimum absolute atomic E-state index is 0.0801. The Balaban J connectivity index is 2.31. The van der Waals surface area contributed by atoms with E-state index < -0.39 is 0 Å². The third-order valence-electron chi connectivity index (χ3n) is 4.30. The molecular formula is C17H30N4. The summed E-state index contributed by atoms with van der Waals surface area (Å²) in [6.45, 7) is 13.1. The van der Waals surface area contributed by atoms with Gasteiger partial charge in [-0.1, -0.05) is 20.8 Å². The van der Waals surface area contributed by atoms with Crippen molar-refractivity contribution < 1.29 is 0 Å². The van der Waals surface area contributed by atoms with Crippen LogP contribution >= 0.6 is 0 Å². The quantitative estimate of drug-likeness (QED) is 0.925. The first-order valence-electron chi connectivity index (χ1n) is 7.92. The number of rotatable bonds is 3. The topological polar surface area (TPSA) is 31.4 Å². The zero-order valence-corrected chi connectivity index (χ0v) is 14.4. The molecule has 0 aliphatic carbocycles. The molecule has 0 spiro atoms. The number of hydrogen-bond donors (Lipinski definition) is 1. The normalized spacial score (nSPS) is 20.9. The SMILES string of the molecule is CNCc1cc(N2CCN(C)C(C)C2)nc(C(C)(C)C)c1. The monoisotopic (exact) mass is 290 g/mol. The predicted molar refractivity (Wildman–Crippen MR) is 90.0 cm³/mol. The van der Waals surface area contributed by atoms with Crippen LogP contribution in [0, 0.1) is 0 Å². The lowest BCUT2D eigenvalue weighted by Gasteiger charge is -2.38. The second kappa shape index (κ2) is 6.32. The van der Waals surface area contributed by atoms with Crippen LogP contribution < -0.4 is 10.2 Å². The maximum Gasteiger partial charge on any atom is 0.129 e. The van der Waals surface area contributed by atoms with Gasteiger partial charge in [0.1, 0.15) is 5.82 Å². The Bertz CT molecular complexity index is 478. The van der Waals surface area contributed by atoms with Crippen LogP contribution in [-0.2, 0) is 12.0 Å². The second-order valence-electron chi connectivity index (χ2n) is 7.27. The summed E-state index contributed by atoms with van der Waals surface area (Å²) in [5.74, 6) is 1.13. The molecule has 4 heteroatoms. The Hall–Kier alpha value is -1.13. The molecule has 1 aromatic rings. The van der Waals surface area contributed by atoms with Crippen LogP contribution in [0.25, 0.3) is 0 Å². The lowest BCUT2D eigenvalue weighted by atomic mass is 9.90. The van der Waals surface area contributed by atoms with Crippen molar-refractivity contribution in [2.45, 2.75) is 45.7 Å².